The molecule has 2 aliphatic rings. The molecule has 1 saturated heterocycles. The van der Waals surface area contributed by atoms with Gasteiger partial charge in [-0.2, -0.15) is 0 Å². The molecule has 0 atom stereocenters. The van der Waals surface area contributed by atoms with E-state index >= 15 is 0 Å². The number of fused-ring (bicyclic) bond motifs is 1. The number of rotatable bonds is 8. The van der Waals surface area contributed by atoms with Crippen LogP contribution in [-0.4, -0.2) is 62.4 Å². The molecule has 0 aliphatic carbocycles. The van der Waals surface area contributed by atoms with E-state index in [9.17, 15) is 14.4 Å². The van der Waals surface area contributed by atoms with E-state index in [1.165, 1.54) is 12.7 Å². The Morgan fingerprint density at radius 2 is 1.91 bits per heavy atom. The number of ether oxygens (including phenoxy) is 2. The normalized spacial score (nSPS) is 16.4. The summed E-state index contributed by atoms with van der Waals surface area (Å²) >= 11 is 0.883. The first-order valence-electron chi connectivity index (χ1n) is 10.6. The minimum Gasteiger partial charge on any atom is -0.493 e. The lowest BCUT2D eigenvalue weighted by Gasteiger charge is -2.19. The van der Waals surface area contributed by atoms with Crippen molar-refractivity contribution in [3.05, 3.63) is 58.5 Å². The molecule has 4 rings (SSSR count). The number of imide groups is 1. The van der Waals surface area contributed by atoms with E-state index in [-0.39, 0.29) is 36.7 Å². The molecular weight excluding hydrogens is 442 g/mol. The summed E-state index contributed by atoms with van der Waals surface area (Å²) < 4.78 is 10.5. The predicted molar refractivity (Wildman–Crippen MR) is 128 cm³/mol. The number of carbonyl (C=O) groups is 3. The van der Waals surface area contributed by atoms with E-state index in [0.29, 0.717) is 16.4 Å². The quantitative estimate of drug-likeness (QED) is 0.597. The Bertz CT molecular complexity index is 1120. The Balaban J connectivity index is 1.31. The first-order chi connectivity index (χ1) is 16.0. The summed E-state index contributed by atoms with van der Waals surface area (Å²) in [4.78, 5) is 41.0. The van der Waals surface area contributed by atoms with Crippen LogP contribution in [0.15, 0.2) is 47.4 Å². The highest BCUT2D eigenvalue weighted by Crippen LogP contribution is 2.34. The van der Waals surface area contributed by atoms with Gasteiger partial charge in [-0.05, 0) is 53.6 Å². The lowest BCUT2D eigenvalue weighted by atomic mass is 10.2. The smallest absolute Gasteiger partial charge is 0.293 e. The monoisotopic (exact) mass is 467 g/mol. The van der Waals surface area contributed by atoms with Crippen molar-refractivity contribution in [1.29, 1.82) is 0 Å². The Morgan fingerprint density at radius 3 is 2.70 bits per heavy atom. The average Bonchev–Trinajstić information content (AvgIpc) is 3.34. The van der Waals surface area contributed by atoms with Crippen molar-refractivity contribution in [1.82, 2.24) is 10.2 Å². The first kappa shape index (κ1) is 22.7. The van der Waals surface area contributed by atoms with Crippen LogP contribution in [0.1, 0.15) is 11.1 Å². The minimum absolute atomic E-state index is 0.121. The maximum absolute atomic E-state index is 12.7. The molecule has 1 fully saturated rings. The third-order valence-corrected chi connectivity index (χ3v) is 6.46. The van der Waals surface area contributed by atoms with Gasteiger partial charge in [-0.1, -0.05) is 24.3 Å². The molecule has 0 spiro atoms. The van der Waals surface area contributed by atoms with Crippen molar-refractivity contribution < 1.29 is 23.9 Å². The van der Waals surface area contributed by atoms with Crippen LogP contribution in [0.4, 0.5) is 10.5 Å². The molecule has 0 bridgehead atoms. The lowest BCUT2D eigenvalue weighted by Crippen LogP contribution is -2.41. The molecule has 33 heavy (non-hydrogen) atoms. The molecule has 9 heteroatoms. The van der Waals surface area contributed by atoms with Crippen LogP contribution in [0.25, 0.3) is 6.08 Å². The van der Waals surface area contributed by atoms with Crippen molar-refractivity contribution in [2.45, 2.75) is 6.42 Å². The van der Waals surface area contributed by atoms with Crippen molar-refractivity contribution in [3.8, 4) is 11.5 Å². The zero-order chi connectivity index (χ0) is 23.4. The minimum atomic E-state index is -0.373. The summed E-state index contributed by atoms with van der Waals surface area (Å²) in [7, 11) is 3.08. The van der Waals surface area contributed by atoms with Crippen LogP contribution in [0.5, 0.6) is 11.5 Å². The average molecular weight is 468 g/mol. The number of amides is 3. The maximum Gasteiger partial charge on any atom is 0.293 e. The molecule has 2 aliphatic heterocycles. The van der Waals surface area contributed by atoms with Crippen LogP contribution in [0, 0.1) is 0 Å². The van der Waals surface area contributed by atoms with Crippen LogP contribution in [0.3, 0.4) is 0 Å². The number of nitrogens with zero attached hydrogens (tertiary/aromatic N) is 2. The molecule has 8 nitrogen and oxygen atoms in total. The number of para-hydroxylation sites is 1. The van der Waals surface area contributed by atoms with Gasteiger partial charge in [0.05, 0.1) is 25.7 Å². The SMILES string of the molecule is COc1ccc(/C=C2\SC(=O)N(CCNC(=O)CN3CCc4ccccc43)C2=O)cc1OC. The molecule has 0 unspecified atom stereocenters. The zero-order valence-corrected chi connectivity index (χ0v) is 19.3. The van der Waals surface area contributed by atoms with Gasteiger partial charge in [0.15, 0.2) is 11.5 Å². The Hall–Kier alpha value is -3.46. The van der Waals surface area contributed by atoms with Gasteiger partial charge in [-0.3, -0.25) is 19.3 Å². The molecule has 2 aromatic carbocycles. The Morgan fingerprint density at radius 1 is 1.12 bits per heavy atom. The summed E-state index contributed by atoms with van der Waals surface area (Å²) in [5, 5.41) is 2.46. The Kier molecular flexibility index (Phi) is 6.88. The van der Waals surface area contributed by atoms with E-state index in [2.05, 4.69) is 11.4 Å². The predicted octanol–water partition coefficient (Wildman–Crippen LogP) is 2.92. The van der Waals surface area contributed by atoms with Gasteiger partial charge >= 0.3 is 0 Å². The first-order valence-corrected chi connectivity index (χ1v) is 11.4. The van der Waals surface area contributed by atoms with Gasteiger partial charge in [-0.15, -0.1) is 0 Å². The van der Waals surface area contributed by atoms with Crippen LogP contribution in [0.2, 0.25) is 0 Å². The number of anilines is 1. The fourth-order valence-corrected chi connectivity index (χ4v) is 4.76. The molecule has 3 amide bonds. The summed E-state index contributed by atoms with van der Waals surface area (Å²) in [6.07, 6.45) is 2.57. The third kappa shape index (κ3) is 4.98. The topological polar surface area (TPSA) is 88.2 Å². The van der Waals surface area contributed by atoms with Gasteiger partial charge in [0.25, 0.3) is 11.1 Å². The molecule has 0 saturated carbocycles. The largest absolute Gasteiger partial charge is 0.493 e. The van der Waals surface area contributed by atoms with E-state index in [0.717, 1.165) is 40.9 Å². The summed E-state index contributed by atoms with van der Waals surface area (Å²) in [6.45, 7) is 1.38. The number of hydrogen-bond donors (Lipinski definition) is 1. The third-order valence-electron chi connectivity index (χ3n) is 5.55. The van der Waals surface area contributed by atoms with Crippen LogP contribution >= 0.6 is 11.8 Å². The van der Waals surface area contributed by atoms with E-state index < -0.39 is 0 Å². The van der Waals surface area contributed by atoms with Crippen molar-refractivity contribution in [2.75, 3.05) is 45.3 Å². The lowest BCUT2D eigenvalue weighted by molar-refractivity contribution is -0.124. The van der Waals surface area contributed by atoms with Crippen LogP contribution in [-0.2, 0) is 16.0 Å². The summed E-state index contributed by atoms with van der Waals surface area (Å²) in [6, 6.07) is 13.3. The van der Waals surface area contributed by atoms with Gasteiger partial charge < -0.3 is 19.7 Å². The highest BCUT2D eigenvalue weighted by atomic mass is 32.2. The maximum atomic E-state index is 12.7. The van der Waals surface area contributed by atoms with Crippen LogP contribution < -0.4 is 19.7 Å². The second-order valence-corrected chi connectivity index (χ2v) is 8.59. The number of thioether (sulfide) groups is 1. The number of nitrogens with one attached hydrogen (secondary N) is 1. The summed E-state index contributed by atoms with van der Waals surface area (Å²) in [5.41, 5.74) is 3.04. The number of methoxy groups -OCH3 is 2. The second kappa shape index (κ2) is 9.99. The fourth-order valence-electron chi connectivity index (χ4n) is 3.89. The molecular formula is C24H25N3O5S. The highest BCUT2D eigenvalue weighted by Gasteiger charge is 2.34. The molecule has 1 N–H and O–H groups in total. The second-order valence-electron chi connectivity index (χ2n) is 7.60. The van der Waals surface area contributed by atoms with Gasteiger partial charge in [0, 0.05) is 25.3 Å². The zero-order valence-electron chi connectivity index (χ0n) is 18.5. The number of hydrogen-bond acceptors (Lipinski definition) is 7. The van der Waals surface area contributed by atoms with Crippen molar-refractivity contribution >= 4 is 40.6 Å². The Labute approximate surface area is 196 Å². The van der Waals surface area contributed by atoms with E-state index in [1.54, 1.807) is 31.4 Å². The van der Waals surface area contributed by atoms with E-state index in [4.69, 9.17) is 9.47 Å². The molecule has 0 radical (unpaired) electrons. The van der Waals surface area contributed by atoms with Gasteiger partial charge in [0.2, 0.25) is 5.91 Å². The summed E-state index contributed by atoms with van der Waals surface area (Å²) in [5.74, 6) is 0.603. The standard InChI is InChI=1S/C24H25N3O5S/c1-31-19-8-7-16(13-20(19)32-2)14-21-23(29)27(24(30)33-21)12-10-25-22(28)15-26-11-9-17-5-3-4-6-18(17)26/h3-8,13-14H,9-12,15H2,1-2H3,(H,25,28)/b21-14-. The van der Waals surface area contributed by atoms with Crippen molar-refractivity contribution in [3.63, 3.8) is 0 Å². The molecule has 2 heterocycles. The fraction of sp³-hybridized carbons (Fsp3) is 0.292. The van der Waals surface area contributed by atoms with E-state index in [1.807, 2.05) is 23.1 Å². The van der Waals surface area contributed by atoms with Gasteiger partial charge in [-0.25, -0.2) is 0 Å². The number of benzene rings is 2. The highest BCUT2D eigenvalue weighted by molar-refractivity contribution is 8.18. The van der Waals surface area contributed by atoms with Crippen molar-refractivity contribution in [2.24, 2.45) is 0 Å². The molecule has 0 aromatic heterocycles. The molecule has 2 aromatic rings. The van der Waals surface area contributed by atoms with Gasteiger partial charge in [0.1, 0.15) is 0 Å². The number of carbonyl (C=O) groups excluding carboxylic acids is 3. The molecule has 172 valence electrons.